The average molecular weight is 299 g/mol. The molecular formula is C13H19ClN4S. The molecule has 1 atom stereocenters. The number of halogens is 1. The van der Waals surface area contributed by atoms with Crippen molar-refractivity contribution < 1.29 is 0 Å². The van der Waals surface area contributed by atoms with Crippen molar-refractivity contribution >= 4 is 22.9 Å². The molecule has 2 aromatic rings. The van der Waals surface area contributed by atoms with Gasteiger partial charge in [0.15, 0.2) is 0 Å². The van der Waals surface area contributed by atoms with Crippen LogP contribution in [-0.2, 0) is 6.54 Å². The molecule has 2 rings (SSSR count). The van der Waals surface area contributed by atoms with Crippen LogP contribution in [0.2, 0.25) is 5.02 Å². The van der Waals surface area contributed by atoms with Gasteiger partial charge < -0.3 is 10.2 Å². The number of hydrogen-bond donors (Lipinski definition) is 1. The molecule has 2 aromatic heterocycles. The van der Waals surface area contributed by atoms with Crippen LogP contribution in [0.5, 0.6) is 0 Å². The second kappa shape index (κ2) is 6.52. The van der Waals surface area contributed by atoms with Gasteiger partial charge in [0.2, 0.25) is 0 Å². The van der Waals surface area contributed by atoms with Gasteiger partial charge in [0.25, 0.3) is 0 Å². The summed E-state index contributed by atoms with van der Waals surface area (Å²) in [5.41, 5.74) is 2.26. The lowest BCUT2D eigenvalue weighted by Crippen LogP contribution is -2.25. The smallest absolute Gasteiger partial charge is 0.0837 e. The molecule has 0 aliphatic carbocycles. The number of nitrogens with one attached hydrogen (secondary N) is 1. The minimum atomic E-state index is 0.0865. The predicted octanol–water partition coefficient (Wildman–Crippen LogP) is 2.47. The lowest BCUT2D eigenvalue weighted by molar-refractivity contribution is 0.366. The predicted molar refractivity (Wildman–Crippen MR) is 81.0 cm³/mol. The van der Waals surface area contributed by atoms with Crippen LogP contribution in [0, 0.1) is 0 Å². The van der Waals surface area contributed by atoms with Crippen LogP contribution in [-0.4, -0.2) is 42.4 Å². The highest BCUT2D eigenvalue weighted by molar-refractivity contribution is 7.08. The molecule has 0 aliphatic rings. The van der Waals surface area contributed by atoms with Crippen LogP contribution in [0.25, 0.3) is 0 Å². The van der Waals surface area contributed by atoms with Gasteiger partial charge in [-0.2, -0.15) is 16.4 Å². The molecule has 1 unspecified atom stereocenters. The van der Waals surface area contributed by atoms with Crippen LogP contribution >= 0.6 is 22.9 Å². The number of likely N-dealkylation sites (N-methyl/N-ethyl adjacent to an activating group) is 1. The summed E-state index contributed by atoms with van der Waals surface area (Å²) in [5, 5.41) is 12.6. The van der Waals surface area contributed by atoms with E-state index in [0.29, 0.717) is 5.02 Å². The number of hydrogen-bond acceptors (Lipinski definition) is 4. The first-order chi connectivity index (χ1) is 9.13. The number of nitrogens with zero attached hydrogens (tertiary/aromatic N) is 3. The zero-order valence-electron chi connectivity index (χ0n) is 11.4. The topological polar surface area (TPSA) is 33.1 Å². The highest BCUT2D eigenvalue weighted by atomic mass is 35.5. The van der Waals surface area contributed by atoms with E-state index in [1.165, 1.54) is 5.56 Å². The Hall–Kier alpha value is -0.880. The van der Waals surface area contributed by atoms with Gasteiger partial charge in [0, 0.05) is 6.54 Å². The summed E-state index contributed by atoms with van der Waals surface area (Å²) in [6.07, 6.45) is 1.73. The van der Waals surface area contributed by atoms with E-state index < -0.39 is 0 Å². The molecule has 4 nitrogen and oxygen atoms in total. The summed E-state index contributed by atoms with van der Waals surface area (Å²) >= 11 is 8.01. The first-order valence-electron chi connectivity index (χ1n) is 6.18. The quantitative estimate of drug-likeness (QED) is 0.889. The van der Waals surface area contributed by atoms with Crippen molar-refractivity contribution in [2.75, 3.05) is 27.7 Å². The molecular weight excluding hydrogens is 280 g/mol. The maximum Gasteiger partial charge on any atom is 0.0837 e. The molecule has 0 aliphatic heterocycles. The van der Waals surface area contributed by atoms with Gasteiger partial charge >= 0.3 is 0 Å². The van der Waals surface area contributed by atoms with Crippen LogP contribution in [0.15, 0.2) is 23.0 Å². The number of thiophene rings is 1. The van der Waals surface area contributed by atoms with Gasteiger partial charge in [-0.05, 0) is 43.5 Å². The number of rotatable bonds is 6. The first-order valence-corrected chi connectivity index (χ1v) is 7.51. The standard InChI is InChI=1S/C13H19ClN4S/c1-15-12(10-4-7-19-9-10)13-11(14)8-16-18(13)6-5-17(2)3/h4,7-9,12,15H,5-6H2,1-3H3. The van der Waals surface area contributed by atoms with Gasteiger partial charge in [0.05, 0.1) is 29.5 Å². The van der Waals surface area contributed by atoms with Crippen LogP contribution in [0.4, 0.5) is 0 Å². The summed E-state index contributed by atoms with van der Waals surface area (Å²) in [6.45, 7) is 1.77. The Labute approximate surface area is 123 Å². The Kier molecular flexibility index (Phi) is 4.99. The Morgan fingerprint density at radius 1 is 1.53 bits per heavy atom. The van der Waals surface area contributed by atoms with Crippen molar-refractivity contribution in [1.29, 1.82) is 0 Å². The van der Waals surface area contributed by atoms with E-state index in [-0.39, 0.29) is 6.04 Å². The van der Waals surface area contributed by atoms with E-state index in [1.807, 2.05) is 11.7 Å². The van der Waals surface area contributed by atoms with E-state index in [4.69, 9.17) is 11.6 Å². The fourth-order valence-electron chi connectivity index (χ4n) is 2.03. The lowest BCUT2D eigenvalue weighted by atomic mass is 10.1. The summed E-state index contributed by atoms with van der Waals surface area (Å²) in [7, 11) is 6.06. The third-order valence-electron chi connectivity index (χ3n) is 3.03. The van der Waals surface area contributed by atoms with Gasteiger partial charge in [-0.1, -0.05) is 11.6 Å². The Morgan fingerprint density at radius 3 is 2.89 bits per heavy atom. The highest BCUT2D eigenvalue weighted by Gasteiger charge is 2.21. The lowest BCUT2D eigenvalue weighted by Gasteiger charge is -2.19. The zero-order valence-corrected chi connectivity index (χ0v) is 13.0. The summed E-state index contributed by atoms with van der Waals surface area (Å²) in [6, 6.07) is 2.20. The number of aromatic nitrogens is 2. The van der Waals surface area contributed by atoms with E-state index in [2.05, 4.69) is 46.2 Å². The van der Waals surface area contributed by atoms with Crippen molar-refractivity contribution in [2.24, 2.45) is 0 Å². The molecule has 1 N–H and O–H groups in total. The van der Waals surface area contributed by atoms with Crippen molar-refractivity contribution in [2.45, 2.75) is 12.6 Å². The average Bonchev–Trinajstić information content (AvgIpc) is 3.00. The Morgan fingerprint density at radius 2 is 2.32 bits per heavy atom. The van der Waals surface area contributed by atoms with Gasteiger partial charge in [0.1, 0.15) is 0 Å². The summed E-state index contributed by atoms with van der Waals surface area (Å²) in [5.74, 6) is 0. The summed E-state index contributed by atoms with van der Waals surface area (Å²) in [4.78, 5) is 2.14. The third kappa shape index (κ3) is 3.36. The molecule has 0 saturated heterocycles. The van der Waals surface area contributed by atoms with E-state index in [1.54, 1.807) is 17.5 Å². The fourth-order valence-corrected chi connectivity index (χ4v) is 2.97. The van der Waals surface area contributed by atoms with Crippen molar-refractivity contribution in [1.82, 2.24) is 20.0 Å². The van der Waals surface area contributed by atoms with Crippen LogP contribution in [0.1, 0.15) is 17.3 Å². The van der Waals surface area contributed by atoms with E-state index in [9.17, 15) is 0 Å². The second-order valence-corrected chi connectivity index (χ2v) is 5.87. The van der Waals surface area contributed by atoms with Crippen LogP contribution < -0.4 is 5.32 Å². The van der Waals surface area contributed by atoms with Crippen molar-refractivity contribution in [3.05, 3.63) is 39.3 Å². The molecule has 0 spiro atoms. The minimum Gasteiger partial charge on any atom is -0.308 e. The highest BCUT2D eigenvalue weighted by Crippen LogP contribution is 2.29. The van der Waals surface area contributed by atoms with E-state index >= 15 is 0 Å². The molecule has 6 heteroatoms. The van der Waals surface area contributed by atoms with Gasteiger partial charge in [-0.3, -0.25) is 4.68 Å². The Bertz CT molecular complexity index is 507. The molecule has 0 aromatic carbocycles. The molecule has 104 valence electrons. The SMILES string of the molecule is CNC(c1ccsc1)c1c(Cl)cnn1CCN(C)C. The molecule has 19 heavy (non-hydrogen) atoms. The maximum absolute atomic E-state index is 6.32. The van der Waals surface area contributed by atoms with E-state index in [0.717, 1.165) is 18.8 Å². The van der Waals surface area contributed by atoms with Gasteiger partial charge in [-0.25, -0.2) is 0 Å². The Balaban J connectivity index is 2.29. The molecule has 0 saturated carbocycles. The normalized spacial score (nSPS) is 13.1. The monoisotopic (exact) mass is 298 g/mol. The molecule has 2 heterocycles. The zero-order chi connectivity index (χ0) is 13.8. The largest absolute Gasteiger partial charge is 0.308 e. The first kappa shape index (κ1) is 14.5. The molecule has 0 bridgehead atoms. The molecule has 0 fully saturated rings. The van der Waals surface area contributed by atoms with Gasteiger partial charge in [-0.15, -0.1) is 0 Å². The van der Waals surface area contributed by atoms with Crippen LogP contribution in [0.3, 0.4) is 0 Å². The fraction of sp³-hybridized carbons (Fsp3) is 0.462. The van der Waals surface area contributed by atoms with Crippen molar-refractivity contribution in [3.8, 4) is 0 Å². The molecule has 0 radical (unpaired) electrons. The second-order valence-electron chi connectivity index (χ2n) is 4.68. The maximum atomic E-state index is 6.32. The van der Waals surface area contributed by atoms with Crippen molar-refractivity contribution in [3.63, 3.8) is 0 Å². The minimum absolute atomic E-state index is 0.0865. The molecule has 0 amide bonds. The third-order valence-corrected chi connectivity index (χ3v) is 4.02. The summed E-state index contributed by atoms with van der Waals surface area (Å²) < 4.78 is 1.99.